The Kier molecular flexibility index (Phi) is 4.67. The quantitative estimate of drug-likeness (QED) is 0.377. The lowest BCUT2D eigenvalue weighted by Gasteiger charge is -2.13. The van der Waals surface area contributed by atoms with Crippen LogP contribution in [0.1, 0.15) is 16.1 Å². The second-order valence-corrected chi connectivity index (χ2v) is 6.58. The summed E-state index contributed by atoms with van der Waals surface area (Å²) in [6, 6.07) is 18.1. The second-order valence-electron chi connectivity index (χ2n) is 5.57. The van der Waals surface area contributed by atoms with Crippen molar-refractivity contribution in [3.05, 3.63) is 78.3 Å². The van der Waals surface area contributed by atoms with Crippen molar-refractivity contribution in [2.75, 3.05) is 12.1 Å². The first-order valence-corrected chi connectivity index (χ1v) is 8.98. The van der Waals surface area contributed by atoms with Crippen molar-refractivity contribution < 1.29 is 13.9 Å². The number of amides is 1. The van der Waals surface area contributed by atoms with E-state index in [9.17, 15) is 4.79 Å². The number of ether oxygens (including phenoxy) is 1. The van der Waals surface area contributed by atoms with Gasteiger partial charge in [-0.15, -0.1) is 0 Å². The number of nitrogens with zero attached hydrogens (tertiary/aromatic N) is 3. The molecule has 2 aromatic heterocycles. The molecule has 0 aliphatic carbocycles. The number of hydrogen-bond acceptors (Lipinski definition) is 6. The minimum atomic E-state index is -0.292. The monoisotopic (exact) mass is 377 g/mol. The van der Waals surface area contributed by atoms with Crippen LogP contribution in [0.2, 0.25) is 0 Å². The molecule has 0 atom stereocenters. The number of fused-ring (bicyclic) bond motifs is 1. The molecule has 0 radical (unpaired) electrons. The number of methoxy groups -OCH3 is 1. The highest BCUT2D eigenvalue weighted by molar-refractivity contribution is 7.22. The van der Waals surface area contributed by atoms with Gasteiger partial charge in [-0.1, -0.05) is 23.5 Å². The number of anilines is 1. The standard InChI is InChI=1S/C20H15N3O3S/c1-25-15-10-8-14(9-11-15)19(24)23(21-13-16-5-4-12-26-16)20-22-17-6-2-3-7-18(17)27-20/h2-13H,1H3/b21-13+. The minimum absolute atomic E-state index is 0.292. The number of rotatable bonds is 5. The number of hydrogen-bond donors (Lipinski definition) is 0. The first-order valence-electron chi connectivity index (χ1n) is 8.16. The molecule has 6 nitrogen and oxygen atoms in total. The number of furan rings is 1. The first kappa shape index (κ1) is 17.0. The molecule has 27 heavy (non-hydrogen) atoms. The van der Waals surface area contributed by atoms with Crippen LogP contribution in [0.4, 0.5) is 5.13 Å². The van der Waals surface area contributed by atoms with E-state index in [1.165, 1.54) is 22.6 Å². The Morgan fingerprint density at radius 2 is 1.96 bits per heavy atom. The molecule has 0 aliphatic heterocycles. The number of carbonyl (C=O) groups is 1. The molecule has 2 heterocycles. The zero-order valence-electron chi connectivity index (χ0n) is 14.4. The molecule has 4 rings (SSSR count). The van der Waals surface area contributed by atoms with Crippen LogP contribution in [0.5, 0.6) is 5.75 Å². The summed E-state index contributed by atoms with van der Waals surface area (Å²) in [7, 11) is 1.58. The van der Waals surface area contributed by atoms with E-state index < -0.39 is 0 Å². The van der Waals surface area contributed by atoms with Gasteiger partial charge in [0.25, 0.3) is 5.91 Å². The van der Waals surface area contributed by atoms with E-state index in [2.05, 4.69) is 10.1 Å². The zero-order chi connectivity index (χ0) is 18.6. The van der Waals surface area contributed by atoms with Crippen molar-refractivity contribution in [2.24, 2.45) is 5.10 Å². The van der Waals surface area contributed by atoms with Crippen molar-refractivity contribution in [1.82, 2.24) is 4.98 Å². The Labute approximate surface area is 159 Å². The van der Waals surface area contributed by atoms with Crippen LogP contribution in [-0.2, 0) is 0 Å². The lowest BCUT2D eigenvalue weighted by atomic mass is 10.2. The SMILES string of the molecule is COc1ccc(C(=O)N(/N=C/c2ccco2)c2nc3ccccc3s2)cc1. The van der Waals surface area contributed by atoms with E-state index in [1.807, 2.05) is 24.3 Å². The number of aromatic nitrogens is 1. The van der Waals surface area contributed by atoms with E-state index in [-0.39, 0.29) is 5.91 Å². The van der Waals surface area contributed by atoms with Crippen molar-refractivity contribution in [2.45, 2.75) is 0 Å². The Balaban J connectivity index is 1.73. The van der Waals surface area contributed by atoms with Gasteiger partial charge in [0.1, 0.15) is 11.5 Å². The molecule has 0 aliphatic rings. The molecule has 1 amide bonds. The van der Waals surface area contributed by atoms with Gasteiger partial charge in [-0.3, -0.25) is 4.79 Å². The van der Waals surface area contributed by atoms with Crippen LogP contribution in [0.25, 0.3) is 10.2 Å². The summed E-state index contributed by atoms with van der Waals surface area (Å²) in [5.41, 5.74) is 1.30. The van der Waals surface area contributed by atoms with Crippen molar-refractivity contribution in [1.29, 1.82) is 0 Å². The highest BCUT2D eigenvalue weighted by Gasteiger charge is 2.21. The highest BCUT2D eigenvalue weighted by atomic mass is 32.1. The van der Waals surface area contributed by atoms with E-state index in [4.69, 9.17) is 9.15 Å². The lowest BCUT2D eigenvalue weighted by Crippen LogP contribution is -2.25. The van der Waals surface area contributed by atoms with Crippen molar-refractivity contribution in [3.8, 4) is 5.75 Å². The molecule has 4 aromatic rings. The number of para-hydroxylation sites is 1. The third kappa shape index (κ3) is 3.58. The summed E-state index contributed by atoms with van der Waals surface area (Å²) in [6.45, 7) is 0. The molecule has 0 fully saturated rings. The second kappa shape index (κ2) is 7.43. The minimum Gasteiger partial charge on any atom is -0.497 e. The first-order chi connectivity index (χ1) is 13.2. The van der Waals surface area contributed by atoms with Crippen LogP contribution in [0.15, 0.2) is 76.4 Å². The fourth-order valence-corrected chi connectivity index (χ4v) is 3.40. The summed E-state index contributed by atoms with van der Waals surface area (Å²) in [5.74, 6) is 0.931. The van der Waals surface area contributed by atoms with Gasteiger partial charge in [-0.25, -0.2) is 4.98 Å². The zero-order valence-corrected chi connectivity index (χ0v) is 15.2. The molecule has 2 aromatic carbocycles. The van der Waals surface area contributed by atoms with Gasteiger partial charge < -0.3 is 9.15 Å². The summed E-state index contributed by atoms with van der Waals surface area (Å²) in [6.07, 6.45) is 3.04. The fourth-order valence-electron chi connectivity index (χ4n) is 2.47. The smallest absolute Gasteiger partial charge is 0.280 e. The van der Waals surface area contributed by atoms with E-state index in [0.717, 1.165) is 10.2 Å². The molecule has 134 valence electrons. The third-order valence-corrected chi connectivity index (χ3v) is 4.85. The number of benzene rings is 2. The summed E-state index contributed by atoms with van der Waals surface area (Å²) >= 11 is 1.40. The Morgan fingerprint density at radius 3 is 2.67 bits per heavy atom. The maximum Gasteiger partial charge on any atom is 0.280 e. The predicted octanol–water partition coefficient (Wildman–Crippen LogP) is 4.58. The summed E-state index contributed by atoms with van der Waals surface area (Å²) < 4.78 is 11.4. The highest BCUT2D eigenvalue weighted by Crippen LogP contribution is 2.30. The van der Waals surface area contributed by atoms with Gasteiger partial charge in [0.15, 0.2) is 0 Å². The summed E-state index contributed by atoms with van der Waals surface area (Å²) in [4.78, 5) is 17.6. The topological polar surface area (TPSA) is 67.9 Å². The number of carbonyl (C=O) groups excluding carboxylic acids is 1. The molecule has 0 N–H and O–H groups in total. The molecule has 7 heteroatoms. The van der Waals surface area contributed by atoms with Crippen molar-refractivity contribution >= 4 is 38.8 Å². The van der Waals surface area contributed by atoms with Gasteiger partial charge >= 0.3 is 0 Å². The molecule has 0 saturated carbocycles. The lowest BCUT2D eigenvalue weighted by molar-refractivity contribution is 0.0988. The van der Waals surface area contributed by atoms with Gasteiger partial charge in [-0.05, 0) is 48.5 Å². The van der Waals surface area contributed by atoms with E-state index in [0.29, 0.717) is 22.2 Å². The van der Waals surface area contributed by atoms with E-state index in [1.54, 1.807) is 49.8 Å². The van der Waals surface area contributed by atoms with Crippen LogP contribution in [-0.4, -0.2) is 24.2 Å². The number of hydrazone groups is 1. The third-order valence-electron chi connectivity index (χ3n) is 3.84. The Bertz CT molecular complexity index is 1050. The van der Waals surface area contributed by atoms with Crippen molar-refractivity contribution in [3.63, 3.8) is 0 Å². The average molecular weight is 377 g/mol. The summed E-state index contributed by atoms with van der Waals surface area (Å²) in [5, 5.41) is 6.10. The maximum atomic E-state index is 13.1. The predicted molar refractivity (Wildman–Crippen MR) is 106 cm³/mol. The van der Waals surface area contributed by atoms with Crippen LogP contribution in [0, 0.1) is 0 Å². The van der Waals surface area contributed by atoms with E-state index >= 15 is 0 Å². The normalized spacial score (nSPS) is 11.1. The van der Waals surface area contributed by atoms with Gasteiger partial charge in [0, 0.05) is 5.56 Å². The average Bonchev–Trinajstić information content (AvgIpc) is 3.37. The van der Waals surface area contributed by atoms with Gasteiger partial charge in [0.2, 0.25) is 5.13 Å². The molecular formula is C20H15N3O3S. The molecule has 0 saturated heterocycles. The van der Waals surface area contributed by atoms with Crippen LogP contribution < -0.4 is 9.75 Å². The maximum absolute atomic E-state index is 13.1. The van der Waals surface area contributed by atoms with Gasteiger partial charge in [0.05, 0.1) is 29.8 Å². The molecular weight excluding hydrogens is 362 g/mol. The molecule has 0 spiro atoms. The Morgan fingerprint density at radius 1 is 1.15 bits per heavy atom. The molecule has 0 unspecified atom stereocenters. The Hall–Kier alpha value is -3.45. The molecule has 0 bridgehead atoms. The largest absolute Gasteiger partial charge is 0.497 e. The van der Waals surface area contributed by atoms with Gasteiger partial charge in [-0.2, -0.15) is 10.1 Å². The van der Waals surface area contributed by atoms with Crippen LogP contribution >= 0.6 is 11.3 Å². The fraction of sp³-hybridized carbons (Fsp3) is 0.0500. The number of thiazole rings is 1. The van der Waals surface area contributed by atoms with Crippen LogP contribution in [0.3, 0.4) is 0 Å².